The molecule has 0 unspecified atom stereocenters. The maximum absolute atomic E-state index is 12.4. The van der Waals surface area contributed by atoms with Crippen molar-refractivity contribution >= 4 is 61.9 Å². The van der Waals surface area contributed by atoms with Gasteiger partial charge in [-0.1, -0.05) is 46.0 Å². The van der Waals surface area contributed by atoms with Gasteiger partial charge in [-0.05, 0) is 30.4 Å². The third-order valence-corrected chi connectivity index (χ3v) is 5.99. The molecule has 10 heteroatoms. The number of imide groups is 1. The monoisotopic (exact) mass is 454 g/mol. The number of benzene rings is 1. The van der Waals surface area contributed by atoms with Gasteiger partial charge in [0, 0.05) is 17.4 Å². The Bertz CT molecular complexity index is 871. The number of anilines is 1. The number of amides is 3. The number of nitrogens with zero attached hydrogens (tertiary/aromatic N) is 3. The first-order chi connectivity index (χ1) is 12.5. The maximum atomic E-state index is 12.4. The number of hydrogen-bond donors (Lipinski definition) is 1. The van der Waals surface area contributed by atoms with E-state index < -0.39 is 0 Å². The van der Waals surface area contributed by atoms with E-state index in [1.807, 2.05) is 6.92 Å². The van der Waals surface area contributed by atoms with Crippen LogP contribution in [0.2, 0.25) is 0 Å². The summed E-state index contributed by atoms with van der Waals surface area (Å²) >= 11 is 6.19. The van der Waals surface area contributed by atoms with E-state index in [9.17, 15) is 14.4 Å². The van der Waals surface area contributed by atoms with E-state index in [0.717, 1.165) is 14.6 Å². The molecule has 136 valence electrons. The van der Waals surface area contributed by atoms with Crippen LogP contribution in [0.1, 0.15) is 40.5 Å². The number of halogens is 1. The molecule has 2 aromatic rings. The van der Waals surface area contributed by atoms with Gasteiger partial charge >= 0.3 is 0 Å². The second kappa shape index (κ2) is 8.28. The van der Waals surface area contributed by atoms with Crippen molar-refractivity contribution in [3.8, 4) is 0 Å². The van der Waals surface area contributed by atoms with Gasteiger partial charge in [-0.15, -0.1) is 10.2 Å². The number of aromatic nitrogens is 2. The molecule has 0 bridgehead atoms. The van der Waals surface area contributed by atoms with Crippen LogP contribution in [0, 0.1) is 0 Å². The summed E-state index contributed by atoms with van der Waals surface area (Å²) in [6.45, 7) is 2.21. The zero-order valence-corrected chi connectivity index (χ0v) is 17.0. The predicted molar refractivity (Wildman–Crippen MR) is 104 cm³/mol. The van der Waals surface area contributed by atoms with Gasteiger partial charge in [-0.2, -0.15) is 0 Å². The van der Waals surface area contributed by atoms with Crippen molar-refractivity contribution in [2.45, 2.75) is 24.1 Å². The minimum absolute atomic E-state index is 0.187. The van der Waals surface area contributed by atoms with Crippen LogP contribution < -0.4 is 5.32 Å². The van der Waals surface area contributed by atoms with E-state index in [0.29, 0.717) is 22.7 Å². The molecule has 0 fully saturated rings. The van der Waals surface area contributed by atoms with E-state index in [1.54, 1.807) is 30.0 Å². The molecule has 0 saturated heterocycles. The van der Waals surface area contributed by atoms with Crippen molar-refractivity contribution < 1.29 is 14.4 Å². The highest BCUT2D eigenvalue weighted by Gasteiger charge is 2.35. The first kappa shape index (κ1) is 19.0. The maximum Gasteiger partial charge on any atom is 0.261 e. The summed E-state index contributed by atoms with van der Waals surface area (Å²) in [4.78, 5) is 37.9. The molecule has 7 nitrogen and oxygen atoms in total. The third kappa shape index (κ3) is 4.13. The highest BCUT2D eigenvalue weighted by Crippen LogP contribution is 2.27. The van der Waals surface area contributed by atoms with E-state index in [4.69, 9.17) is 0 Å². The highest BCUT2D eigenvalue weighted by atomic mass is 79.9. The Morgan fingerprint density at radius 2 is 2.04 bits per heavy atom. The first-order valence-corrected chi connectivity index (χ1v) is 10.5. The standard InChI is InChI=1S/C16H15BrN4O3S2/c1-2-25-16-20-19-15(26-16)18-12(22)4-3-7-21-13(23)10-6-5-9(17)8-11(10)14(21)24/h5-6,8H,2-4,7H2,1H3,(H,18,19,22). The van der Waals surface area contributed by atoms with Gasteiger partial charge in [-0.3, -0.25) is 19.3 Å². The second-order valence-electron chi connectivity index (χ2n) is 5.41. The lowest BCUT2D eigenvalue weighted by Crippen LogP contribution is -2.31. The topological polar surface area (TPSA) is 92.3 Å². The van der Waals surface area contributed by atoms with Gasteiger partial charge in [0.15, 0.2) is 4.34 Å². The molecule has 1 N–H and O–H groups in total. The summed E-state index contributed by atoms with van der Waals surface area (Å²) in [7, 11) is 0. The van der Waals surface area contributed by atoms with E-state index in [-0.39, 0.29) is 30.7 Å². The Balaban J connectivity index is 1.51. The first-order valence-electron chi connectivity index (χ1n) is 7.91. The number of carbonyl (C=O) groups is 3. The summed E-state index contributed by atoms with van der Waals surface area (Å²) in [5.74, 6) is 0.0354. The smallest absolute Gasteiger partial charge is 0.261 e. The fourth-order valence-corrected chi connectivity index (χ4v) is 4.51. The van der Waals surface area contributed by atoms with Crippen molar-refractivity contribution in [2.75, 3.05) is 17.6 Å². The lowest BCUT2D eigenvalue weighted by molar-refractivity contribution is -0.116. The quantitative estimate of drug-likeness (QED) is 0.391. The van der Waals surface area contributed by atoms with Crippen molar-refractivity contribution in [3.63, 3.8) is 0 Å². The Hall–Kier alpha value is -1.78. The van der Waals surface area contributed by atoms with Crippen LogP contribution in [-0.4, -0.2) is 45.1 Å². The van der Waals surface area contributed by atoms with E-state index >= 15 is 0 Å². The molecule has 1 aromatic heterocycles. The molecule has 1 aliphatic heterocycles. The van der Waals surface area contributed by atoms with E-state index in [2.05, 4.69) is 31.4 Å². The summed E-state index contributed by atoms with van der Waals surface area (Å²) in [5, 5.41) is 11.0. The van der Waals surface area contributed by atoms with Crippen LogP contribution >= 0.6 is 39.0 Å². The Morgan fingerprint density at radius 1 is 1.27 bits per heavy atom. The number of hydrogen-bond acceptors (Lipinski definition) is 7. The van der Waals surface area contributed by atoms with Gasteiger partial charge in [0.05, 0.1) is 11.1 Å². The molecule has 0 atom stereocenters. The lowest BCUT2D eigenvalue weighted by atomic mass is 10.1. The zero-order valence-electron chi connectivity index (χ0n) is 13.8. The summed E-state index contributed by atoms with van der Waals surface area (Å²) in [6.07, 6.45) is 0.570. The van der Waals surface area contributed by atoms with Gasteiger partial charge in [0.25, 0.3) is 11.8 Å². The molecular formula is C16H15BrN4O3S2. The van der Waals surface area contributed by atoms with Crippen molar-refractivity contribution in [1.29, 1.82) is 0 Å². The van der Waals surface area contributed by atoms with Gasteiger partial charge in [-0.25, -0.2) is 0 Å². The van der Waals surface area contributed by atoms with Crippen molar-refractivity contribution in [3.05, 3.63) is 33.8 Å². The lowest BCUT2D eigenvalue weighted by Gasteiger charge is -2.13. The molecule has 0 saturated carbocycles. The van der Waals surface area contributed by atoms with Crippen LogP contribution in [-0.2, 0) is 4.79 Å². The van der Waals surface area contributed by atoms with Crippen LogP contribution in [0.5, 0.6) is 0 Å². The molecule has 2 heterocycles. The molecular weight excluding hydrogens is 440 g/mol. The van der Waals surface area contributed by atoms with Crippen molar-refractivity contribution in [1.82, 2.24) is 15.1 Å². The fourth-order valence-electron chi connectivity index (χ4n) is 2.49. The molecule has 3 amide bonds. The Kier molecular flexibility index (Phi) is 6.05. The van der Waals surface area contributed by atoms with E-state index in [1.165, 1.54) is 16.2 Å². The molecule has 3 rings (SSSR count). The van der Waals surface area contributed by atoms with Gasteiger partial charge in [0.1, 0.15) is 0 Å². The number of rotatable bonds is 7. The van der Waals surface area contributed by atoms with Crippen LogP contribution in [0.4, 0.5) is 5.13 Å². The summed E-state index contributed by atoms with van der Waals surface area (Å²) in [6, 6.07) is 5.01. The number of fused-ring (bicyclic) bond motifs is 1. The van der Waals surface area contributed by atoms with Crippen LogP contribution in [0.3, 0.4) is 0 Å². The van der Waals surface area contributed by atoms with Crippen molar-refractivity contribution in [2.24, 2.45) is 0 Å². The third-order valence-electron chi connectivity index (χ3n) is 3.64. The number of nitrogens with one attached hydrogen (secondary N) is 1. The Morgan fingerprint density at radius 3 is 2.81 bits per heavy atom. The zero-order chi connectivity index (χ0) is 18.7. The SMILES string of the molecule is CCSc1nnc(NC(=O)CCCN2C(=O)c3ccc(Br)cc3C2=O)s1. The van der Waals surface area contributed by atoms with Gasteiger partial charge < -0.3 is 5.32 Å². The average Bonchev–Trinajstić information content (AvgIpc) is 3.13. The minimum atomic E-state index is -0.322. The molecule has 0 spiro atoms. The fraction of sp³-hybridized carbons (Fsp3) is 0.312. The van der Waals surface area contributed by atoms with Crippen LogP contribution in [0.25, 0.3) is 0 Å². The average molecular weight is 455 g/mol. The predicted octanol–water partition coefficient (Wildman–Crippen LogP) is 3.43. The second-order valence-corrected chi connectivity index (χ2v) is 8.81. The molecule has 0 radical (unpaired) electrons. The summed E-state index contributed by atoms with van der Waals surface area (Å²) in [5.41, 5.74) is 0.793. The Labute approximate surface area is 166 Å². The normalized spacial score (nSPS) is 13.2. The van der Waals surface area contributed by atoms with Gasteiger partial charge in [0.2, 0.25) is 11.0 Å². The highest BCUT2D eigenvalue weighted by molar-refractivity contribution is 9.10. The molecule has 0 aliphatic carbocycles. The number of thioether (sulfide) groups is 1. The molecule has 1 aromatic carbocycles. The van der Waals surface area contributed by atoms with Crippen LogP contribution in [0.15, 0.2) is 27.0 Å². The molecule has 1 aliphatic rings. The number of carbonyl (C=O) groups excluding carboxylic acids is 3. The minimum Gasteiger partial charge on any atom is -0.301 e. The summed E-state index contributed by atoms with van der Waals surface area (Å²) < 4.78 is 1.55. The molecule has 26 heavy (non-hydrogen) atoms. The largest absolute Gasteiger partial charge is 0.301 e.